The molecule has 25 heavy (non-hydrogen) atoms. The molecule has 2 aromatic carbocycles. The molecule has 6 nitrogen and oxygen atoms in total. The number of nitrogens with zero attached hydrogens (tertiary/aromatic N) is 2. The Bertz CT molecular complexity index is 828. The summed E-state index contributed by atoms with van der Waals surface area (Å²) in [4.78, 5) is 16.8. The summed E-state index contributed by atoms with van der Waals surface area (Å²) in [5.41, 5.74) is 2.22. The van der Waals surface area contributed by atoms with Gasteiger partial charge >= 0.3 is 0 Å². The Kier molecular flexibility index (Phi) is 5.20. The first-order chi connectivity index (χ1) is 12.2. The highest BCUT2D eigenvalue weighted by Gasteiger charge is 2.15. The van der Waals surface area contributed by atoms with Gasteiger partial charge in [0.2, 0.25) is 0 Å². The summed E-state index contributed by atoms with van der Waals surface area (Å²) in [6.45, 7) is 1.84. The van der Waals surface area contributed by atoms with Crippen LogP contribution in [-0.2, 0) is 6.42 Å². The van der Waals surface area contributed by atoms with Crippen molar-refractivity contribution in [2.45, 2.75) is 19.4 Å². The molecule has 1 atom stereocenters. The van der Waals surface area contributed by atoms with Crippen LogP contribution in [0.25, 0.3) is 11.4 Å². The van der Waals surface area contributed by atoms with Gasteiger partial charge in [0.25, 0.3) is 5.91 Å². The van der Waals surface area contributed by atoms with E-state index in [2.05, 4.69) is 20.5 Å². The standard InChI is InChI=1S/C19H20N4O2/c1-2-17-21-18(23-22-17)14-8-10-15(11-9-14)19(25)20-16(12-24)13-6-4-3-5-7-13/h3-11,16,24H,2,12H2,1H3,(H,20,25)(H,21,22,23)/t16-/m1/s1. The monoisotopic (exact) mass is 336 g/mol. The van der Waals surface area contributed by atoms with Gasteiger partial charge in [0.1, 0.15) is 5.82 Å². The summed E-state index contributed by atoms with van der Waals surface area (Å²) in [5, 5.41) is 19.4. The number of benzene rings is 2. The highest BCUT2D eigenvalue weighted by molar-refractivity contribution is 5.94. The molecule has 0 aliphatic heterocycles. The van der Waals surface area contributed by atoms with E-state index in [1.54, 1.807) is 12.1 Å². The molecule has 3 aromatic rings. The third-order valence-corrected chi connectivity index (χ3v) is 3.96. The maximum absolute atomic E-state index is 12.4. The van der Waals surface area contributed by atoms with Gasteiger partial charge in [-0.15, -0.1) is 0 Å². The quantitative estimate of drug-likeness (QED) is 0.645. The molecule has 0 spiro atoms. The second-order valence-electron chi connectivity index (χ2n) is 5.66. The molecule has 3 N–H and O–H groups in total. The largest absolute Gasteiger partial charge is 0.394 e. The molecule has 1 aromatic heterocycles. The molecule has 0 fully saturated rings. The average Bonchev–Trinajstić information content (AvgIpc) is 3.16. The van der Waals surface area contributed by atoms with Crippen molar-refractivity contribution >= 4 is 5.91 Å². The van der Waals surface area contributed by atoms with Crippen molar-refractivity contribution in [1.29, 1.82) is 0 Å². The molecule has 128 valence electrons. The van der Waals surface area contributed by atoms with E-state index in [1.807, 2.05) is 49.4 Å². The Morgan fingerprint density at radius 3 is 2.48 bits per heavy atom. The number of hydrogen-bond donors (Lipinski definition) is 3. The van der Waals surface area contributed by atoms with Crippen LogP contribution in [0.3, 0.4) is 0 Å². The lowest BCUT2D eigenvalue weighted by Gasteiger charge is -2.16. The van der Waals surface area contributed by atoms with E-state index < -0.39 is 6.04 Å². The van der Waals surface area contributed by atoms with Crippen molar-refractivity contribution in [2.24, 2.45) is 0 Å². The first kappa shape index (κ1) is 16.9. The number of aliphatic hydroxyl groups is 1. The molecule has 6 heteroatoms. The summed E-state index contributed by atoms with van der Waals surface area (Å²) in [7, 11) is 0. The highest BCUT2D eigenvalue weighted by Crippen LogP contribution is 2.17. The lowest BCUT2D eigenvalue weighted by Crippen LogP contribution is -2.30. The Balaban J connectivity index is 1.72. The lowest BCUT2D eigenvalue weighted by atomic mass is 10.1. The van der Waals surface area contributed by atoms with Crippen LogP contribution in [0.1, 0.15) is 34.7 Å². The zero-order valence-corrected chi connectivity index (χ0v) is 13.9. The number of carbonyl (C=O) groups is 1. The number of aryl methyl sites for hydroxylation is 1. The fraction of sp³-hybridized carbons (Fsp3) is 0.211. The molecule has 0 radical (unpaired) electrons. The molecule has 0 bridgehead atoms. The van der Waals surface area contributed by atoms with Crippen molar-refractivity contribution in [3.8, 4) is 11.4 Å². The predicted octanol–water partition coefficient (Wildman–Crippen LogP) is 2.50. The van der Waals surface area contributed by atoms with Crippen molar-refractivity contribution in [2.75, 3.05) is 6.61 Å². The minimum Gasteiger partial charge on any atom is -0.394 e. The van der Waals surface area contributed by atoms with Crippen molar-refractivity contribution in [1.82, 2.24) is 20.5 Å². The van der Waals surface area contributed by atoms with E-state index >= 15 is 0 Å². The van der Waals surface area contributed by atoms with Gasteiger partial charge in [-0.3, -0.25) is 9.89 Å². The summed E-state index contributed by atoms with van der Waals surface area (Å²) >= 11 is 0. The second-order valence-corrected chi connectivity index (χ2v) is 5.66. The number of aromatic nitrogens is 3. The Morgan fingerprint density at radius 1 is 1.16 bits per heavy atom. The van der Waals surface area contributed by atoms with Gasteiger partial charge < -0.3 is 10.4 Å². The minimum atomic E-state index is -0.437. The van der Waals surface area contributed by atoms with Crippen LogP contribution in [0.5, 0.6) is 0 Å². The molecule has 1 heterocycles. The third kappa shape index (κ3) is 3.92. The van der Waals surface area contributed by atoms with E-state index in [0.717, 1.165) is 23.4 Å². The van der Waals surface area contributed by atoms with Crippen molar-refractivity contribution < 1.29 is 9.90 Å². The lowest BCUT2D eigenvalue weighted by molar-refractivity contribution is 0.0916. The normalized spacial score (nSPS) is 11.9. The topological polar surface area (TPSA) is 90.9 Å². The van der Waals surface area contributed by atoms with E-state index in [1.165, 1.54) is 0 Å². The number of aromatic amines is 1. The van der Waals surface area contributed by atoms with Gasteiger partial charge in [-0.05, 0) is 17.7 Å². The van der Waals surface area contributed by atoms with Crippen LogP contribution >= 0.6 is 0 Å². The summed E-state index contributed by atoms with van der Waals surface area (Å²) in [6.07, 6.45) is 0.787. The van der Waals surface area contributed by atoms with Crippen LogP contribution in [0.2, 0.25) is 0 Å². The van der Waals surface area contributed by atoms with Gasteiger partial charge in [0.15, 0.2) is 5.82 Å². The van der Waals surface area contributed by atoms with Gasteiger partial charge in [0.05, 0.1) is 12.6 Å². The molecule has 1 amide bonds. The summed E-state index contributed by atoms with van der Waals surface area (Å²) < 4.78 is 0. The van der Waals surface area contributed by atoms with E-state index in [0.29, 0.717) is 11.4 Å². The van der Waals surface area contributed by atoms with Gasteiger partial charge in [-0.2, -0.15) is 5.10 Å². The summed E-state index contributed by atoms with van der Waals surface area (Å²) in [5.74, 6) is 1.20. The molecule has 0 saturated carbocycles. The maximum Gasteiger partial charge on any atom is 0.251 e. The molecule has 0 unspecified atom stereocenters. The molecule has 3 rings (SSSR count). The van der Waals surface area contributed by atoms with E-state index in [9.17, 15) is 9.90 Å². The van der Waals surface area contributed by atoms with Crippen LogP contribution in [0.4, 0.5) is 0 Å². The highest BCUT2D eigenvalue weighted by atomic mass is 16.3. The molecular weight excluding hydrogens is 316 g/mol. The van der Waals surface area contributed by atoms with Crippen LogP contribution in [0, 0.1) is 0 Å². The van der Waals surface area contributed by atoms with Crippen molar-refractivity contribution in [3.63, 3.8) is 0 Å². The minimum absolute atomic E-state index is 0.162. The van der Waals surface area contributed by atoms with Crippen LogP contribution in [-0.4, -0.2) is 32.8 Å². The van der Waals surface area contributed by atoms with Gasteiger partial charge in [0, 0.05) is 17.5 Å². The second kappa shape index (κ2) is 7.72. The number of H-pyrrole nitrogens is 1. The fourth-order valence-corrected chi connectivity index (χ4v) is 2.51. The molecule has 0 aliphatic carbocycles. The number of aliphatic hydroxyl groups excluding tert-OH is 1. The first-order valence-corrected chi connectivity index (χ1v) is 8.19. The average molecular weight is 336 g/mol. The maximum atomic E-state index is 12.4. The van der Waals surface area contributed by atoms with Crippen LogP contribution < -0.4 is 5.32 Å². The zero-order chi connectivity index (χ0) is 17.6. The Labute approximate surface area is 145 Å². The van der Waals surface area contributed by atoms with E-state index in [4.69, 9.17) is 0 Å². The Hall–Kier alpha value is -2.99. The van der Waals surface area contributed by atoms with Crippen LogP contribution in [0.15, 0.2) is 54.6 Å². The summed E-state index contributed by atoms with van der Waals surface area (Å²) in [6, 6.07) is 16.0. The van der Waals surface area contributed by atoms with Gasteiger partial charge in [-0.1, -0.05) is 49.4 Å². The fourth-order valence-electron chi connectivity index (χ4n) is 2.51. The number of carbonyl (C=O) groups excluding carboxylic acids is 1. The Morgan fingerprint density at radius 2 is 1.88 bits per heavy atom. The smallest absolute Gasteiger partial charge is 0.251 e. The number of amides is 1. The molecule has 0 aliphatic rings. The zero-order valence-electron chi connectivity index (χ0n) is 13.9. The third-order valence-electron chi connectivity index (χ3n) is 3.96. The number of rotatable bonds is 6. The SMILES string of the molecule is CCc1nc(-c2ccc(C(=O)N[C@H](CO)c3ccccc3)cc2)n[nH]1. The molecular formula is C19H20N4O2. The van der Waals surface area contributed by atoms with Gasteiger partial charge in [-0.25, -0.2) is 4.98 Å². The number of nitrogens with one attached hydrogen (secondary N) is 2. The first-order valence-electron chi connectivity index (χ1n) is 8.19. The van der Waals surface area contributed by atoms with Crippen molar-refractivity contribution in [3.05, 3.63) is 71.5 Å². The van der Waals surface area contributed by atoms with E-state index in [-0.39, 0.29) is 12.5 Å². The predicted molar refractivity (Wildman–Crippen MR) is 94.9 cm³/mol. The number of hydrogen-bond acceptors (Lipinski definition) is 4. The molecule has 0 saturated heterocycles.